The molecule has 1 unspecified atom stereocenters. The van der Waals surface area contributed by atoms with Crippen molar-refractivity contribution in [1.82, 2.24) is 0 Å². The molecule has 0 spiro atoms. The molecule has 0 aliphatic carbocycles. The third-order valence-electron chi connectivity index (χ3n) is 1.32. The van der Waals surface area contributed by atoms with Crippen molar-refractivity contribution in [2.24, 2.45) is 0 Å². The maximum Gasteiger partial charge on any atom is 0.324 e. The van der Waals surface area contributed by atoms with E-state index in [0.29, 0.717) is 6.61 Å². The van der Waals surface area contributed by atoms with E-state index in [0.717, 1.165) is 4.88 Å². The van der Waals surface area contributed by atoms with E-state index in [1.54, 1.807) is 6.92 Å². The second-order valence-electron chi connectivity index (χ2n) is 2.17. The summed E-state index contributed by atoms with van der Waals surface area (Å²) in [5.74, 6) is -0.275. The molecular weight excluding hydrogens is 192 g/mol. The van der Waals surface area contributed by atoms with Gasteiger partial charge in [-0.1, -0.05) is 6.07 Å². The van der Waals surface area contributed by atoms with Crippen LogP contribution in [-0.2, 0) is 9.53 Å². The summed E-state index contributed by atoms with van der Waals surface area (Å²) in [5, 5.41) is 1.49. The third-order valence-corrected chi connectivity index (χ3v) is 2.92. The van der Waals surface area contributed by atoms with Crippen LogP contribution in [0.4, 0.5) is 0 Å². The van der Waals surface area contributed by atoms with E-state index >= 15 is 0 Å². The fraction of sp³-hybridized carbons (Fsp3) is 0.375. The second-order valence-corrected chi connectivity index (χ2v) is 3.67. The standard InChI is InChI=1S/C8H10O2S2/c1-2-10-8(9)7(11)6-4-3-5-12-6/h3-5,7,11H,2H2,1H3. The molecule has 1 aromatic heterocycles. The van der Waals surface area contributed by atoms with E-state index < -0.39 is 5.25 Å². The lowest BCUT2D eigenvalue weighted by Gasteiger charge is -2.06. The molecular formula is C8H10O2S2. The Morgan fingerprint density at radius 1 is 1.83 bits per heavy atom. The normalized spacial score (nSPS) is 12.5. The molecule has 66 valence electrons. The van der Waals surface area contributed by atoms with Gasteiger partial charge in [0.1, 0.15) is 5.25 Å². The van der Waals surface area contributed by atoms with Gasteiger partial charge >= 0.3 is 5.97 Å². The molecule has 0 bridgehead atoms. The Morgan fingerprint density at radius 2 is 2.58 bits per heavy atom. The molecule has 0 fully saturated rings. The minimum Gasteiger partial charge on any atom is -0.465 e. The Kier molecular flexibility index (Phi) is 3.62. The lowest BCUT2D eigenvalue weighted by molar-refractivity contribution is -0.142. The first-order chi connectivity index (χ1) is 5.75. The van der Waals surface area contributed by atoms with Crippen molar-refractivity contribution in [3.8, 4) is 0 Å². The molecule has 0 aromatic carbocycles. The zero-order chi connectivity index (χ0) is 8.97. The van der Waals surface area contributed by atoms with E-state index in [1.807, 2.05) is 17.5 Å². The highest BCUT2D eigenvalue weighted by Gasteiger charge is 2.17. The number of rotatable bonds is 3. The van der Waals surface area contributed by atoms with Crippen LogP contribution in [0.1, 0.15) is 17.1 Å². The highest BCUT2D eigenvalue weighted by atomic mass is 32.1. The summed E-state index contributed by atoms with van der Waals surface area (Å²) < 4.78 is 4.82. The van der Waals surface area contributed by atoms with Gasteiger partial charge in [-0.15, -0.1) is 11.3 Å². The van der Waals surface area contributed by atoms with Crippen LogP contribution in [-0.4, -0.2) is 12.6 Å². The molecule has 1 heterocycles. The summed E-state index contributed by atoms with van der Waals surface area (Å²) in [4.78, 5) is 12.1. The number of thiophene rings is 1. The summed E-state index contributed by atoms with van der Waals surface area (Å²) >= 11 is 5.66. The first-order valence-corrected chi connectivity index (χ1v) is 5.03. The maximum absolute atomic E-state index is 11.1. The molecule has 0 amide bonds. The van der Waals surface area contributed by atoms with Crippen molar-refractivity contribution < 1.29 is 9.53 Å². The molecule has 0 radical (unpaired) electrons. The molecule has 4 heteroatoms. The van der Waals surface area contributed by atoms with Crippen molar-refractivity contribution in [2.45, 2.75) is 12.2 Å². The molecule has 12 heavy (non-hydrogen) atoms. The van der Waals surface area contributed by atoms with Crippen molar-refractivity contribution in [2.75, 3.05) is 6.61 Å². The summed E-state index contributed by atoms with van der Waals surface area (Å²) in [6.07, 6.45) is 0. The molecule has 1 aromatic rings. The number of carbonyl (C=O) groups excluding carboxylic acids is 1. The molecule has 2 nitrogen and oxygen atoms in total. The Balaban J connectivity index is 2.59. The highest BCUT2D eigenvalue weighted by molar-refractivity contribution is 7.81. The Labute approximate surface area is 81.0 Å². The van der Waals surface area contributed by atoms with Crippen LogP contribution in [0.2, 0.25) is 0 Å². The zero-order valence-electron chi connectivity index (χ0n) is 6.69. The van der Waals surface area contributed by atoms with Crippen molar-refractivity contribution in [3.63, 3.8) is 0 Å². The smallest absolute Gasteiger partial charge is 0.324 e. The third kappa shape index (κ3) is 2.25. The van der Waals surface area contributed by atoms with Crippen LogP contribution < -0.4 is 0 Å². The number of ether oxygens (including phenoxy) is 1. The van der Waals surface area contributed by atoms with Crippen LogP contribution in [0.15, 0.2) is 17.5 Å². The Hall–Kier alpha value is -0.480. The number of carbonyl (C=O) groups is 1. The first kappa shape index (κ1) is 9.61. The van der Waals surface area contributed by atoms with Gasteiger partial charge in [0.05, 0.1) is 6.61 Å². The SMILES string of the molecule is CCOC(=O)C(S)c1cccs1. The highest BCUT2D eigenvalue weighted by Crippen LogP contribution is 2.25. The van der Waals surface area contributed by atoms with Gasteiger partial charge in [-0.3, -0.25) is 4.79 Å². The van der Waals surface area contributed by atoms with Crippen molar-refractivity contribution in [3.05, 3.63) is 22.4 Å². The van der Waals surface area contributed by atoms with E-state index in [4.69, 9.17) is 4.74 Å². The van der Waals surface area contributed by atoms with Crippen molar-refractivity contribution in [1.29, 1.82) is 0 Å². The van der Waals surface area contributed by atoms with E-state index in [2.05, 4.69) is 12.6 Å². The van der Waals surface area contributed by atoms with Gasteiger partial charge in [-0.2, -0.15) is 12.6 Å². The minimum atomic E-state index is -0.426. The fourth-order valence-corrected chi connectivity index (χ4v) is 1.82. The predicted molar refractivity (Wildman–Crippen MR) is 52.7 cm³/mol. The van der Waals surface area contributed by atoms with E-state index in [-0.39, 0.29) is 5.97 Å². The molecule has 0 saturated heterocycles. The molecule has 0 N–H and O–H groups in total. The quantitative estimate of drug-likeness (QED) is 0.601. The van der Waals surface area contributed by atoms with Crippen LogP contribution >= 0.6 is 24.0 Å². The van der Waals surface area contributed by atoms with Crippen molar-refractivity contribution >= 4 is 29.9 Å². The molecule has 1 rings (SSSR count). The summed E-state index contributed by atoms with van der Waals surface area (Å²) in [6.45, 7) is 2.19. The molecule has 1 atom stereocenters. The van der Waals surface area contributed by atoms with Crippen LogP contribution in [0.3, 0.4) is 0 Å². The molecule has 0 aliphatic rings. The molecule has 0 saturated carbocycles. The number of hydrogen-bond donors (Lipinski definition) is 1. The maximum atomic E-state index is 11.1. The monoisotopic (exact) mass is 202 g/mol. The Morgan fingerprint density at radius 3 is 3.08 bits per heavy atom. The predicted octanol–water partition coefficient (Wildman–Crippen LogP) is 2.28. The fourth-order valence-electron chi connectivity index (χ4n) is 0.784. The summed E-state index contributed by atoms with van der Waals surface area (Å²) in [6, 6.07) is 3.77. The lowest BCUT2D eigenvalue weighted by atomic mass is 10.3. The van der Waals surface area contributed by atoms with E-state index in [1.165, 1.54) is 11.3 Å². The van der Waals surface area contributed by atoms with Crippen LogP contribution in [0.5, 0.6) is 0 Å². The van der Waals surface area contributed by atoms with Gasteiger partial charge in [0.25, 0.3) is 0 Å². The average molecular weight is 202 g/mol. The number of hydrogen-bond acceptors (Lipinski definition) is 4. The second kappa shape index (κ2) is 4.52. The number of thiol groups is 1. The molecule has 0 aliphatic heterocycles. The summed E-state index contributed by atoms with van der Waals surface area (Å²) in [7, 11) is 0. The van der Waals surface area contributed by atoms with Crippen LogP contribution in [0.25, 0.3) is 0 Å². The van der Waals surface area contributed by atoms with Gasteiger partial charge in [0.2, 0.25) is 0 Å². The van der Waals surface area contributed by atoms with Gasteiger partial charge in [-0.25, -0.2) is 0 Å². The first-order valence-electron chi connectivity index (χ1n) is 3.63. The minimum absolute atomic E-state index is 0.275. The Bertz CT molecular complexity index is 244. The van der Waals surface area contributed by atoms with E-state index in [9.17, 15) is 4.79 Å². The topological polar surface area (TPSA) is 26.3 Å². The van der Waals surface area contributed by atoms with Crippen LogP contribution in [0, 0.1) is 0 Å². The van der Waals surface area contributed by atoms with Gasteiger partial charge < -0.3 is 4.74 Å². The largest absolute Gasteiger partial charge is 0.465 e. The number of esters is 1. The zero-order valence-corrected chi connectivity index (χ0v) is 8.40. The van der Waals surface area contributed by atoms with Gasteiger partial charge in [-0.05, 0) is 18.4 Å². The van der Waals surface area contributed by atoms with Gasteiger partial charge in [0, 0.05) is 4.88 Å². The lowest BCUT2D eigenvalue weighted by Crippen LogP contribution is -2.09. The van der Waals surface area contributed by atoms with Gasteiger partial charge in [0.15, 0.2) is 0 Å². The average Bonchev–Trinajstić information content (AvgIpc) is 2.55. The summed E-state index contributed by atoms with van der Waals surface area (Å²) in [5.41, 5.74) is 0.